The molecule has 126 valence electrons. The van der Waals surface area contributed by atoms with E-state index < -0.39 is 0 Å². The Morgan fingerprint density at radius 2 is 1.79 bits per heavy atom. The van der Waals surface area contributed by atoms with Crippen LogP contribution >= 0.6 is 0 Å². The molecule has 0 saturated heterocycles. The first-order valence-corrected chi connectivity index (χ1v) is 8.07. The molecular formula is C20H23NO3. The molecule has 0 spiro atoms. The fraction of sp³-hybridized carbons (Fsp3) is 0.250. The molecule has 0 unspecified atom stereocenters. The molecule has 0 heterocycles. The topological polar surface area (TPSA) is 47.6 Å². The van der Waals surface area contributed by atoms with Crippen LogP contribution < -0.4 is 14.8 Å². The average molecular weight is 325 g/mol. The molecule has 0 atom stereocenters. The van der Waals surface area contributed by atoms with E-state index in [1.807, 2.05) is 63.2 Å². The molecule has 0 bridgehead atoms. The maximum Gasteiger partial charge on any atom is 0.248 e. The monoisotopic (exact) mass is 325 g/mol. The summed E-state index contributed by atoms with van der Waals surface area (Å²) in [7, 11) is 0. The summed E-state index contributed by atoms with van der Waals surface area (Å²) in [5, 5.41) is 2.84. The Labute approximate surface area is 143 Å². The van der Waals surface area contributed by atoms with Gasteiger partial charge in [-0.05, 0) is 62.2 Å². The third-order valence-electron chi connectivity index (χ3n) is 3.28. The SMILES string of the molecule is CCOc1ccc(C=CC(=O)Nc2cccc(C)c2)cc1OCC. The Morgan fingerprint density at radius 3 is 2.50 bits per heavy atom. The lowest BCUT2D eigenvalue weighted by Crippen LogP contribution is -2.07. The first-order chi connectivity index (χ1) is 11.6. The van der Waals surface area contributed by atoms with Crippen LogP contribution in [0.15, 0.2) is 48.5 Å². The summed E-state index contributed by atoms with van der Waals surface area (Å²) in [5.74, 6) is 1.22. The fourth-order valence-electron chi connectivity index (χ4n) is 2.25. The van der Waals surface area contributed by atoms with Crippen molar-refractivity contribution in [1.29, 1.82) is 0 Å². The number of aryl methyl sites for hydroxylation is 1. The quantitative estimate of drug-likeness (QED) is 0.765. The minimum Gasteiger partial charge on any atom is -0.490 e. The number of carbonyl (C=O) groups excluding carboxylic acids is 1. The Kier molecular flexibility index (Phi) is 6.43. The van der Waals surface area contributed by atoms with Crippen LogP contribution in [0.2, 0.25) is 0 Å². The van der Waals surface area contributed by atoms with Gasteiger partial charge in [0.1, 0.15) is 0 Å². The molecule has 1 amide bonds. The van der Waals surface area contributed by atoms with Gasteiger partial charge < -0.3 is 14.8 Å². The molecule has 4 nitrogen and oxygen atoms in total. The lowest BCUT2D eigenvalue weighted by Gasteiger charge is -2.11. The van der Waals surface area contributed by atoms with E-state index in [9.17, 15) is 4.79 Å². The van der Waals surface area contributed by atoms with E-state index in [0.717, 1.165) is 16.8 Å². The van der Waals surface area contributed by atoms with Crippen molar-refractivity contribution < 1.29 is 14.3 Å². The molecule has 2 aromatic carbocycles. The molecular weight excluding hydrogens is 302 g/mol. The van der Waals surface area contributed by atoms with Crippen molar-refractivity contribution in [2.24, 2.45) is 0 Å². The molecule has 0 aromatic heterocycles. The van der Waals surface area contributed by atoms with E-state index >= 15 is 0 Å². The second-order valence-electron chi connectivity index (χ2n) is 5.26. The second kappa shape index (κ2) is 8.77. The van der Waals surface area contributed by atoms with Gasteiger partial charge in [-0.1, -0.05) is 18.2 Å². The number of carbonyl (C=O) groups is 1. The molecule has 0 aliphatic rings. The van der Waals surface area contributed by atoms with E-state index in [2.05, 4.69) is 5.32 Å². The van der Waals surface area contributed by atoms with E-state index in [1.54, 1.807) is 6.08 Å². The Bertz CT molecular complexity index is 723. The van der Waals surface area contributed by atoms with Gasteiger partial charge in [-0.25, -0.2) is 0 Å². The molecule has 4 heteroatoms. The van der Waals surface area contributed by atoms with Gasteiger partial charge in [0, 0.05) is 11.8 Å². The van der Waals surface area contributed by atoms with E-state index in [-0.39, 0.29) is 5.91 Å². The second-order valence-corrected chi connectivity index (χ2v) is 5.26. The van der Waals surface area contributed by atoms with Crippen LogP contribution in [0.4, 0.5) is 5.69 Å². The first kappa shape index (κ1) is 17.6. The first-order valence-electron chi connectivity index (χ1n) is 8.07. The molecule has 0 fully saturated rings. The Hall–Kier alpha value is -2.75. The van der Waals surface area contributed by atoms with Crippen molar-refractivity contribution >= 4 is 17.7 Å². The smallest absolute Gasteiger partial charge is 0.248 e. The lowest BCUT2D eigenvalue weighted by molar-refractivity contribution is -0.111. The predicted octanol–water partition coefficient (Wildman–Crippen LogP) is 4.44. The zero-order chi connectivity index (χ0) is 17.4. The molecule has 24 heavy (non-hydrogen) atoms. The highest BCUT2D eigenvalue weighted by atomic mass is 16.5. The highest BCUT2D eigenvalue weighted by Crippen LogP contribution is 2.29. The minimum atomic E-state index is -0.174. The molecule has 0 saturated carbocycles. The Morgan fingerprint density at radius 1 is 1.04 bits per heavy atom. The van der Waals surface area contributed by atoms with Crippen molar-refractivity contribution in [3.63, 3.8) is 0 Å². The number of hydrogen-bond acceptors (Lipinski definition) is 3. The fourth-order valence-corrected chi connectivity index (χ4v) is 2.25. The van der Waals surface area contributed by atoms with Gasteiger partial charge in [0.2, 0.25) is 5.91 Å². The van der Waals surface area contributed by atoms with E-state index in [4.69, 9.17) is 9.47 Å². The van der Waals surface area contributed by atoms with Gasteiger partial charge in [-0.15, -0.1) is 0 Å². The largest absolute Gasteiger partial charge is 0.490 e. The van der Waals surface area contributed by atoms with Gasteiger partial charge in [0.15, 0.2) is 11.5 Å². The van der Waals surface area contributed by atoms with Gasteiger partial charge >= 0.3 is 0 Å². The van der Waals surface area contributed by atoms with Crippen LogP contribution in [0, 0.1) is 6.92 Å². The van der Waals surface area contributed by atoms with Crippen molar-refractivity contribution in [2.75, 3.05) is 18.5 Å². The number of ether oxygens (including phenoxy) is 2. The van der Waals surface area contributed by atoms with Crippen molar-refractivity contribution in [3.05, 3.63) is 59.7 Å². The summed E-state index contributed by atoms with van der Waals surface area (Å²) < 4.78 is 11.1. The van der Waals surface area contributed by atoms with Crippen molar-refractivity contribution in [1.82, 2.24) is 0 Å². The lowest BCUT2D eigenvalue weighted by atomic mass is 10.2. The van der Waals surface area contributed by atoms with Gasteiger partial charge in [0.25, 0.3) is 0 Å². The molecule has 1 N–H and O–H groups in total. The van der Waals surface area contributed by atoms with E-state index in [1.165, 1.54) is 6.08 Å². The number of benzene rings is 2. The van der Waals surface area contributed by atoms with Crippen LogP contribution in [-0.4, -0.2) is 19.1 Å². The van der Waals surface area contributed by atoms with Gasteiger partial charge in [-0.3, -0.25) is 4.79 Å². The summed E-state index contributed by atoms with van der Waals surface area (Å²) in [4.78, 5) is 12.0. The molecule has 2 aromatic rings. The zero-order valence-electron chi connectivity index (χ0n) is 14.3. The Balaban J connectivity index is 2.07. The highest BCUT2D eigenvalue weighted by molar-refractivity contribution is 6.02. The number of nitrogens with one attached hydrogen (secondary N) is 1. The molecule has 0 aliphatic heterocycles. The molecule has 0 radical (unpaired) electrons. The van der Waals surface area contributed by atoms with Crippen molar-refractivity contribution in [2.45, 2.75) is 20.8 Å². The summed E-state index contributed by atoms with van der Waals surface area (Å²) >= 11 is 0. The number of anilines is 1. The normalized spacial score (nSPS) is 10.6. The summed E-state index contributed by atoms with van der Waals surface area (Å²) in [5.41, 5.74) is 2.76. The molecule has 0 aliphatic carbocycles. The van der Waals surface area contributed by atoms with Crippen molar-refractivity contribution in [3.8, 4) is 11.5 Å². The van der Waals surface area contributed by atoms with Crippen LogP contribution in [0.25, 0.3) is 6.08 Å². The maximum absolute atomic E-state index is 12.0. The standard InChI is InChI=1S/C20H23NO3/c1-4-23-18-11-9-16(14-19(18)24-5-2)10-12-20(22)21-17-8-6-7-15(3)13-17/h6-14H,4-5H2,1-3H3,(H,21,22). The van der Waals surface area contributed by atoms with Crippen LogP contribution in [0.5, 0.6) is 11.5 Å². The summed E-state index contributed by atoms with van der Waals surface area (Å²) in [6.07, 6.45) is 3.26. The minimum absolute atomic E-state index is 0.174. The van der Waals surface area contributed by atoms with Crippen LogP contribution in [0.3, 0.4) is 0 Å². The van der Waals surface area contributed by atoms with Crippen LogP contribution in [-0.2, 0) is 4.79 Å². The van der Waals surface area contributed by atoms with Crippen LogP contribution in [0.1, 0.15) is 25.0 Å². The summed E-state index contributed by atoms with van der Waals surface area (Å²) in [6, 6.07) is 13.3. The van der Waals surface area contributed by atoms with Gasteiger partial charge in [0.05, 0.1) is 13.2 Å². The summed E-state index contributed by atoms with van der Waals surface area (Å²) in [6.45, 7) is 6.97. The average Bonchev–Trinajstić information content (AvgIpc) is 2.55. The van der Waals surface area contributed by atoms with Gasteiger partial charge in [-0.2, -0.15) is 0 Å². The maximum atomic E-state index is 12.0. The van der Waals surface area contributed by atoms with E-state index in [0.29, 0.717) is 24.7 Å². The predicted molar refractivity (Wildman–Crippen MR) is 97.6 cm³/mol. The number of rotatable bonds is 7. The number of hydrogen-bond donors (Lipinski definition) is 1. The third-order valence-corrected chi connectivity index (χ3v) is 3.28. The third kappa shape index (κ3) is 5.16. The molecule has 2 rings (SSSR count). The zero-order valence-corrected chi connectivity index (χ0v) is 14.3. The number of amides is 1. The highest BCUT2D eigenvalue weighted by Gasteiger charge is 2.05.